The highest BCUT2D eigenvalue weighted by atomic mass is 32.2. The molecule has 3 aliphatic rings. The quantitative estimate of drug-likeness (QED) is 0.736. The Balaban J connectivity index is 1.70. The highest BCUT2D eigenvalue weighted by Gasteiger charge is 2.50. The van der Waals surface area contributed by atoms with Gasteiger partial charge in [0.15, 0.2) is 9.84 Å². The standard InChI is InChI=1S/C13H22N2O3S/c14-12-10-3-2-9(8-10)11(12)13(16)15-4-1-6-19(17,18)7-5-15/h9-12H,1-8,14H2. The molecule has 108 valence electrons. The fraction of sp³-hybridized carbons (Fsp3) is 0.923. The van der Waals surface area contributed by atoms with Crippen molar-refractivity contribution in [3.63, 3.8) is 0 Å². The minimum Gasteiger partial charge on any atom is -0.341 e. The van der Waals surface area contributed by atoms with Gasteiger partial charge < -0.3 is 10.6 Å². The van der Waals surface area contributed by atoms with E-state index < -0.39 is 9.84 Å². The lowest BCUT2D eigenvalue weighted by molar-refractivity contribution is -0.137. The van der Waals surface area contributed by atoms with E-state index in [0.717, 1.165) is 19.3 Å². The van der Waals surface area contributed by atoms with Crippen LogP contribution in [0.1, 0.15) is 25.7 Å². The predicted molar refractivity (Wildman–Crippen MR) is 72.1 cm³/mol. The van der Waals surface area contributed by atoms with Crippen molar-refractivity contribution in [1.29, 1.82) is 0 Å². The second-order valence-electron chi connectivity index (χ2n) is 6.27. The summed E-state index contributed by atoms with van der Waals surface area (Å²) in [7, 11) is -2.96. The maximum atomic E-state index is 12.6. The van der Waals surface area contributed by atoms with Gasteiger partial charge in [-0.05, 0) is 37.5 Å². The van der Waals surface area contributed by atoms with Crippen molar-refractivity contribution in [2.24, 2.45) is 23.5 Å². The van der Waals surface area contributed by atoms with Gasteiger partial charge in [0.1, 0.15) is 0 Å². The smallest absolute Gasteiger partial charge is 0.227 e. The largest absolute Gasteiger partial charge is 0.341 e. The monoisotopic (exact) mass is 286 g/mol. The first-order valence-electron chi connectivity index (χ1n) is 7.23. The molecule has 5 nitrogen and oxygen atoms in total. The Morgan fingerprint density at radius 1 is 1.11 bits per heavy atom. The van der Waals surface area contributed by atoms with Gasteiger partial charge in [-0.25, -0.2) is 8.42 Å². The van der Waals surface area contributed by atoms with Crippen LogP contribution in [0.5, 0.6) is 0 Å². The van der Waals surface area contributed by atoms with Crippen molar-refractivity contribution in [1.82, 2.24) is 4.90 Å². The van der Waals surface area contributed by atoms with Gasteiger partial charge in [0.25, 0.3) is 0 Å². The van der Waals surface area contributed by atoms with Crippen LogP contribution in [0.15, 0.2) is 0 Å². The normalized spacial score (nSPS) is 41.2. The molecule has 19 heavy (non-hydrogen) atoms. The van der Waals surface area contributed by atoms with Crippen molar-refractivity contribution < 1.29 is 13.2 Å². The van der Waals surface area contributed by atoms with Crippen LogP contribution in [-0.2, 0) is 14.6 Å². The van der Waals surface area contributed by atoms with Gasteiger partial charge in [0, 0.05) is 19.1 Å². The molecule has 1 amide bonds. The fourth-order valence-corrected chi connectivity index (χ4v) is 5.34. The Hall–Kier alpha value is -0.620. The lowest BCUT2D eigenvalue weighted by Crippen LogP contribution is -2.47. The predicted octanol–water partition coefficient (Wildman–Crippen LogP) is 0.00690. The molecule has 1 aliphatic heterocycles. The first-order valence-corrected chi connectivity index (χ1v) is 9.05. The van der Waals surface area contributed by atoms with Crippen LogP contribution < -0.4 is 5.73 Å². The Morgan fingerprint density at radius 2 is 1.84 bits per heavy atom. The molecule has 1 saturated heterocycles. The summed E-state index contributed by atoms with van der Waals surface area (Å²) in [6, 6.07) is -0.00823. The van der Waals surface area contributed by atoms with E-state index in [4.69, 9.17) is 5.73 Å². The number of nitrogens with zero attached hydrogens (tertiary/aromatic N) is 1. The van der Waals surface area contributed by atoms with Gasteiger partial charge in [0.05, 0.1) is 17.4 Å². The molecule has 4 unspecified atom stereocenters. The summed E-state index contributed by atoms with van der Waals surface area (Å²) >= 11 is 0. The summed E-state index contributed by atoms with van der Waals surface area (Å²) in [5.74, 6) is 1.31. The Kier molecular flexibility index (Phi) is 3.33. The van der Waals surface area contributed by atoms with E-state index in [9.17, 15) is 13.2 Å². The minimum atomic E-state index is -2.96. The number of rotatable bonds is 1. The lowest BCUT2D eigenvalue weighted by atomic mass is 9.84. The number of sulfone groups is 1. The number of carbonyl (C=O) groups excluding carboxylic acids is 1. The van der Waals surface area contributed by atoms with E-state index in [0.29, 0.717) is 31.3 Å². The fourth-order valence-electron chi connectivity index (χ4n) is 4.07. The number of hydrogen-bond acceptors (Lipinski definition) is 4. The van der Waals surface area contributed by atoms with Crippen molar-refractivity contribution >= 4 is 15.7 Å². The number of nitrogens with two attached hydrogens (primary N) is 1. The molecule has 0 aromatic rings. The molecular formula is C13H22N2O3S. The lowest BCUT2D eigenvalue weighted by Gasteiger charge is -2.32. The molecule has 3 fully saturated rings. The van der Waals surface area contributed by atoms with Gasteiger partial charge in [-0.1, -0.05) is 0 Å². The maximum Gasteiger partial charge on any atom is 0.227 e. The Bertz CT molecular complexity index is 474. The van der Waals surface area contributed by atoms with Crippen LogP contribution in [0.25, 0.3) is 0 Å². The summed E-state index contributed by atoms with van der Waals surface area (Å²) in [5, 5.41) is 0. The minimum absolute atomic E-state index is 0.00823. The second-order valence-corrected chi connectivity index (χ2v) is 8.57. The number of fused-ring (bicyclic) bond motifs is 2. The molecule has 2 N–H and O–H groups in total. The van der Waals surface area contributed by atoms with E-state index in [1.54, 1.807) is 4.90 Å². The van der Waals surface area contributed by atoms with E-state index in [1.165, 1.54) is 0 Å². The van der Waals surface area contributed by atoms with Gasteiger partial charge in [0.2, 0.25) is 5.91 Å². The second kappa shape index (κ2) is 4.74. The summed E-state index contributed by atoms with van der Waals surface area (Å²) in [6.07, 6.45) is 3.92. The number of carbonyl (C=O) groups is 1. The highest BCUT2D eigenvalue weighted by molar-refractivity contribution is 7.91. The molecule has 3 rings (SSSR count). The van der Waals surface area contributed by atoms with Crippen LogP contribution >= 0.6 is 0 Å². The van der Waals surface area contributed by atoms with Crippen LogP contribution in [0.3, 0.4) is 0 Å². The van der Waals surface area contributed by atoms with Crippen molar-refractivity contribution in [2.75, 3.05) is 24.6 Å². The molecule has 0 radical (unpaired) electrons. The van der Waals surface area contributed by atoms with Crippen LogP contribution in [-0.4, -0.2) is 49.9 Å². The zero-order valence-corrected chi connectivity index (χ0v) is 11.9. The first-order chi connectivity index (χ1) is 8.98. The topological polar surface area (TPSA) is 80.5 Å². The van der Waals surface area contributed by atoms with E-state index in [-0.39, 0.29) is 29.4 Å². The summed E-state index contributed by atoms with van der Waals surface area (Å²) in [6.45, 7) is 0.917. The summed E-state index contributed by atoms with van der Waals surface area (Å²) in [4.78, 5) is 14.4. The SMILES string of the molecule is NC1C2CCC(C2)C1C(=O)N1CCCS(=O)(=O)CC1. The summed E-state index contributed by atoms with van der Waals surface area (Å²) < 4.78 is 23.2. The zero-order chi connectivity index (χ0) is 13.6. The molecule has 0 aromatic carbocycles. The van der Waals surface area contributed by atoms with E-state index in [2.05, 4.69) is 0 Å². The molecule has 1 heterocycles. The first kappa shape index (κ1) is 13.4. The van der Waals surface area contributed by atoms with Crippen LogP contribution in [0, 0.1) is 17.8 Å². The van der Waals surface area contributed by atoms with Gasteiger partial charge in [-0.2, -0.15) is 0 Å². The Labute approximate surface area is 114 Å². The third-order valence-corrected chi connectivity index (χ3v) is 6.85. The van der Waals surface area contributed by atoms with Gasteiger partial charge >= 0.3 is 0 Å². The highest BCUT2D eigenvalue weighted by Crippen LogP contribution is 2.48. The molecule has 6 heteroatoms. The average Bonchev–Trinajstić information content (AvgIpc) is 2.88. The molecule has 0 aromatic heterocycles. The van der Waals surface area contributed by atoms with Gasteiger partial charge in [-0.3, -0.25) is 4.79 Å². The number of hydrogen-bond donors (Lipinski definition) is 1. The molecule has 2 aliphatic carbocycles. The van der Waals surface area contributed by atoms with E-state index in [1.807, 2.05) is 0 Å². The van der Waals surface area contributed by atoms with Crippen molar-refractivity contribution in [2.45, 2.75) is 31.7 Å². The maximum absolute atomic E-state index is 12.6. The molecule has 4 atom stereocenters. The third kappa shape index (κ3) is 2.40. The van der Waals surface area contributed by atoms with Crippen molar-refractivity contribution in [3.8, 4) is 0 Å². The molecule has 2 saturated carbocycles. The molecule has 0 spiro atoms. The zero-order valence-electron chi connectivity index (χ0n) is 11.1. The van der Waals surface area contributed by atoms with E-state index >= 15 is 0 Å². The van der Waals surface area contributed by atoms with Gasteiger partial charge in [-0.15, -0.1) is 0 Å². The third-order valence-electron chi connectivity index (χ3n) is 5.13. The Morgan fingerprint density at radius 3 is 2.53 bits per heavy atom. The average molecular weight is 286 g/mol. The number of amides is 1. The van der Waals surface area contributed by atoms with Crippen LogP contribution in [0.4, 0.5) is 0 Å². The van der Waals surface area contributed by atoms with Crippen LogP contribution in [0.2, 0.25) is 0 Å². The van der Waals surface area contributed by atoms with Crippen molar-refractivity contribution in [3.05, 3.63) is 0 Å². The summed E-state index contributed by atoms with van der Waals surface area (Å²) in [5.41, 5.74) is 6.20. The molecule has 2 bridgehead atoms. The molecular weight excluding hydrogens is 264 g/mol.